The molecular formula is C22H30O2. The molecule has 2 aromatic rings. The van der Waals surface area contributed by atoms with Crippen LogP contribution >= 0.6 is 0 Å². The van der Waals surface area contributed by atoms with Gasteiger partial charge in [-0.1, -0.05) is 39.8 Å². The van der Waals surface area contributed by atoms with Crippen LogP contribution in [0.15, 0.2) is 42.5 Å². The molecule has 0 radical (unpaired) electrons. The Balaban J connectivity index is 2.01. The van der Waals surface area contributed by atoms with Crippen LogP contribution in [0.25, 0.3) is 0 Å². The fourth-order valence-electron chi connectivity index (χ4n) is 2.59. The van der Waals surface area contributed by atoms with Gasteiger partial charge in [-0.15, -0.1) is 0 Å². The second-order valence-electron chi connectivity index (χ2n) is 7.40. The molecule has 130 valence electrons. The Labute approximate surface area is 146 Å². The van der Waals surface area contributed by atoms with Crippen molar-refractivity contribution in [2.75, 3.05) is 0 Å². The number of ether oxygens (including phenoxy) is 1. The van der Waals surface area contributed by atoms with E-state index in [1.165, 1.54) is 12.0 Å². The molecule has 2 nitrogen and oxygen atoms in total. The van der Waals surface area contributed by atoms with Gasteiger partial charge in [-0.05, 0) is 79.0 Å². The van der Waals surface area contributed by atoms with Gasteiger partial charge in [0.25, 0.3) is 0 Å². The second-order valence-corrected chi connectivity index (χ2v) is 7.40. The summed E-state index contributed by atoms with van der Waals surface area (Å²) in [7, 11) is 0. The van der Waals surface area contributed by atoms with Gasteiger partial charge in [-0.3, -0.25) is 0 Å². The highest BCUT2D eigenvalue weighted by Crippen LogP contribution is 2.29. The van der Waals surface area contributed by atoms with Crippen molar-refractivity contribution in [1.29, 1.82) is 0 Å². The number of aromatic hydroxyl groups is 1. The summed E-state index contributed by atoms with van der Waals surface area (Å²) >= 11 is 0. The van der Waals surface area contributed by atoms with E-state index >= 15 is 0 Å². The normalized spacial score (nSPS) is 11.2. The van der Waals surface area contributed by atoms with Crippen molar-refractivity contribution in [3.8, 4) is 17.2 Å². The highest BCUT2D eigenvalue weighted by molar-refractivity contribution is 5.41. The van der Waals surface area contributed by atoms with Crippen LogP contribution in [-0.2, 0) is 12.8 Å². The summed E-state index contributed by atoms with van der Waals surface area (Å²) in [5.41, 5.74) is 2.30. The zero-order valence-corrected chi connectivity index (χ0v) is 15.4. The van der Waals surface area contributed by atoms with Crippen molar-refractivity contribution in [2.24, 2.45) is 11.8 Å². The second kappa shape index (κ2) is 8.77. The molecule has 0 unspecified atom stereocenters. The summed E-state index contributed by atoms with van der Waals surface area (Å²) in [6, 6.07) is 13.8. The maximum atomic E-state index is 10.00. The van der Waals surface area contributed by atoms with E-state index in [1.807, 2.05) is 24.3 Å². The van der Waals surface area contributed by atoms with E-state index < -0.39 is 0 Å². The molecule has 1 N–H and O–H groups in total. The van der Waals surface area contributed by atoms with Gasteiger partial charge < -0.3 is 9.84 Å². The highest BCUT2D eigenvalue weighted by Gasteiger charge is 2.06. The molecule has 0 heterocycles. The van der Waals surface area contributed by atoms with E-state index in [2.05, 4.69) is 39.8 Å². The predicted octanol–water partition coefficient (Wildman–Crippen LogP) is 6.36. The van der Waals surface area contributed by atoms with E-state index in [9.17, 15) is 5.11 Å². The third-order valence-corrected chi connectivity index (χ3v) is 4.21. The summed E-state index contributed by atoms with van der Waals surface area (Å²) in [5.74, 6) is 3.31. The standard InChI is InChI=1S/C22H30O2/c1-16(2)5-7-18-8-11-20(12-9-18)24-21-13-14-22(23)19(15-21)10-6-17(3)4/h8-9,11-17,23H,5-7,10H2,1-4H3. The van der Waals surface area contributed by atoms with Crippen molar-refractivity contribution in [1.82, 2.24) is 0 Å². The van der Waals surface area contributed by atoms with Crippen molar-refractivity contribution in [3.05, 3.63) is 53.6 Å². The molecule has 2 rings (SSSR count). The van der Waals surface area contributed by atoms with Crippen LogP contribution in [0.4, 0.5) is 0 Å². The Hall–Kier alpha value is -1.96. The molecule has 0 aromatic heterocycles. The summed E-state index contributed by atoms with van der Waals surface area (Å²) < 4.78 is 5.95. The van der Waals surface area contributed by atoms with Crippen LogP contribution in [-0.4, -0.2) is 5.11 Å². The molecule has 0 amide bonds. The molecule has 0 saturated heterocycles. The average Bonchev–Trinajstić information content (AvgIpc) is 2.54. The van der Waals surface area contributed by atoms with Crippen LogP contribution in [0.3, 0.4) is 0 Å². The van der Waals surface area contributed by atoms with E-state index in [-0.39, 0.29) is 0 Å². The molecule has 0 aliphatic rings. The minimum atomic E-state index is 0.354. The molecule has 0 aliphatic carbocycles. The lowest BCUT2D eigenvalue weighted by Crippen LogP contribution is -1.94. The molecule has 0 aliphatic heterocycles. The van der Waals surface area contributed by atoms with Crippen molar-refractivity contribution in [3.63, 3.8) is 0 Å². The number of phenolic OH excluding ortho intramolecular Hbond substituents is 1. The number of benzene rings is 2. The molecule has 0 fully saturated rings. The van der Waals surface area contributed by atoms with Crippen LogP contribution in [0.1, 0.15) is 51.7 Å². The maximum Gasteiger partial charge on any atom is 0.127 e. The molecular weight excluding hydrogens is 296 g/mol. The van der Waals surface area contributed by atoms with Gasteiger partial charge in [-0.25, -0.2) is 0 Å². The van der Waals surface area contributed by atoms with E-state index in [4.69, 9.17) is 4.74 Å². The van der Waals surface area contributed by atoms with Gasteiger partial charge in [0, 0.05) is 0 Å². The zero-order valence-electron chi connectivity index (χ0n) is 15.4. The summed E-state index contributed by atoms with van der Waals surface area (Å²) in [4.78, 5) is 0. The molecule has 24 heavy (non-hydrogen) atoms. The fraction of sp³-hybridized carbons (Fsp3) is 0.455. The summed E-state index contributed by atoms with van der Waals surface area (Å²) in [6.07, 6.45) is 4.24. The molecule has 0 saturated carbocycles. The van der Waals surface area contributed by atoms with Crippen LogP contribution in [0, 0.1) is 11.8 Å². The first-order valence-electron chi connectivity index (χ1n) is 9.02. The Morgan fingerprint density at radius 1 is 0.792 bits per heavy atom. The topological polar surface area (TPSA) is 29.5 Å². The lowest BCUT2D eigenvalue weighted by atomic mass is 10.0. The number of hydrogen-bond donors (Lipinski definition) is 1. The Bertz CT molecular complexity index is 627. The maximum absolute atomic E-state index is 10.00. The Morgan fingerprint density at radius 2 is 1.38 bits per heavy atom. The third-order valence-electron chi connectivity index (χ3n) is 4.21. The first kappa shape index (κ1) is 18.4. The number of aryl methyl sites for hydroxylation is 2. The monoisotopic (exact) mass is 326 g/mol. The third kappa shape index (κ3) is 5.92. The van der Waals surface area contributed by atoms with E-state index in [0.717, 1.165) is 42.2 Å². The first-order valence-corrected chi connectivity index (χ1v) is 9.02. The van der Waals surface area contributed by atoms with Gasteiger partial charge in [0.15, 0.2) is 0 Å². The summed E-state index contributed by atoms with van der Waals surface area (Å²) in [5, 5.41) is 10.00. The molecule has 2 aromatic carbocycles. The Kier molecular flexibility index (Phi) is 6.72. The fourth-order valence-corrected chi connectivity index (χ4v) is 2.59. The van der Waals surface area contributed by atoms with Gasteiger partial charge >= 0.3 is 0 Å². The van der Waals surface area contributed by atoms with Crippen molar-refractivity contribution in [2.45, 2.75) is 53.4 Å². The predicted molar refractivity (Wildman–Crippen MR) is 101 cm³/mol. The molecule has 0 atom stereocenters. The number of rotatable bonds is 8. The van der Waals surface area contributed by atoms with Crippen LogP contribution in [0.2, 0.25) is 0 Å². The average molecular weight is 326 g/mol. The minimum absolute atomic E-state index is 0.354. The van der Waals surface area contributed by atoms with Crippen LogP contribution < -0.4 is 4.74 Å². The van der Waals surface area contributed by atoms with Crippen LogP contribution in [0.5, 0.6) is 17.2 Å². The summed E-state index contributed by atoms with van der Waals surface area (Å²) in [6.45, 7) is 8.88. The highest BCUT2D eigenvalue weighted by atomic mass is 16.5. The largest absolute Gasteiger partial charge is 0.508 e. The van der Waals surface area contributed by atoms with Gasteiger partial charge in [0.05, 0.1) is 0 Å². The van der Waals surface area contributed by atoms with Gasteiger partial charge in [0.2, 0.25) is 0 Å². The van der Waals surface area contributed by atoms with E-state index in [1.54, 1.807) is 6.07 Å². The first-order chi connectivity index (χ1) is 11.4. The molecule has 0 bridgehead atoms. The quantitative estimate of drug-likeness (QED) is 0.611. The number of phenols is 1. The minimum Gasteiger partial charge on any atom is -0.508 e. The number of hydrogen-bond acceptors (Lipinski definition) is 2. The van der Waals surface area contributed by atoms with Gasteiger partial charge in [-0.2, -0.15) is 0 Å². The molecule has 0 spiro atoms. The van der Waals surface area contributed by atoms with Gasteiger partial charge in [0.1, 0.15) is 17.2 Å². The SMILES string of the molecule is CC(C)CCc1ccc(Oc2ccc(O)c(CCC(C)C)c2)cc1. The smallest absolute Gasteiger partial charge is 0.127 e. The lowest BCUT2D eigenvalue weighted by molar-refractivity contribution is 0.453. The zero-order chi connectivity index (χ0) is 17.5. The lowest BCUT2D eigenvalue weighted by Gasteiger charge is -2.11. The van der Waals surface area contributed by atoms with Crippen molar-refractivity contribution < 1.29 is 9.84 Å². The Morgan fingerprint density at radius 3 is 2.00 bits per heavy atom. The van der Waals surface area contributed by atoms with E-state index in [0.29, 0.717) is 11.7 Å². The molecule has 2 heteroatoms. The van der Waals surface area contributed by atoms with Crippen molar-refractivity contribution >= 4 is 0 Å².